The number of carboxylic acids is 1. The molecule has 0 saturated heterocycles. The molecule has 0 aliphatic rings. The third-order valence-electron chi connectivity index (χ3n) is 4.28. The van der Waals surface area contributed by atoms with E-state index in [2.05, 4.69) is 5.32 Å². The Morgan fingerprint density at radius 1 is 1.11 bits per heavy atom. The van der Waals surface area contributed by atoms with Crippen molar-refractivity contribution < 1.29 is 23.8 Å². The SMILES string of the molecule is COc1cccc(CCC(=O)NC(CCC(=O)O)Cc2ccccc2)c1F. The normalized spacial score (nSPS) is 11.6. The van der Waals surface area contributed by atoms with E-state index in [0.29, 0.717) is 18.4 Å². The quantitative estimate of drug-likeness (QED) is 0.670. The van der Waals surface area contributed by atoms with Crippen LogP contribution in [0.25, 0.3) is 0 Å². The highest BCUT2D eigenvalue weighted by Crippen LogP contribution is 2.21. The number of carbonyl (C=O) groups is 2. The fourth-order valence-corrected chi connectivity index (χ4v) is 2.88. The molecule has 5 nitrogen and oxygen atoms in total. The van der Waals surface area contributed by atoms with Crippen molar-refractivity contribution >= 4 is 11.9 Å². The van der Waals surface area contributed by atoms with Gasteiger partial charge in [-0.1, -0.05) is 42.5 Å². The molecule has 1 unspecified atom stereocenters. The number of methoxy groups -OCH3 is 1. The Labute approximate surface area is 158 Å². The summed E-state index contributed by atoms with van der Waals surface area (Å²) in [7, 11) is 1.39. The average Bonchev–Trinajstić information content (AvgIpc) is 2.66. The molecule has 0 radical (unpaired) electrons. The number of benzene rings is 2. The van der Waals surface area contributed by atoms with Crippen LogP contribution in [0.15, 0.2) is 48.5 Å². The molecule has 0 aromatic heterocycles. The highest BCUT2D eigenvalue weighted by Gasteiger charge is 2.16. The van der Waals surface area contributed by atoms with E-state index in [0.717, 1.165) is 5.56 Å². The topological polar surface area (TPSA) is 75.6 Å². The maximum Gasteiger partial charge on any atom is 0.303 e. The van der Waals surface area contributed by atoms with Crippen LogP contribution in [0.2, 0.25) is 0 Å². The number of aliphatic carboxylic acids is 1. The molecule has 0 saturated carbocycles. The van der Waals surface area contributed by atoms with Crippen LogP contribution < -0.4 is 10.1 Å². The van der Waals surface area contributed by atoms with Crippen molar-refractivity contribution in [1.29, 1.82) is 0 Å². The van der Waals surface area contributed by atoms with E-state index < -0.39 is 11.8 Å². The van der Waals surface area contributed by atoms with Crippen LogP contribution in [-0.2, 0) is 22.4 Å². The molecular formula is C21H24FNO4. The molecule has 0 aliphatic heterocycles. The number of carboxylic acid groups (broad SMARTS) is 1. The largest absolute Gasteiger partial charge is 0.494 e. The first-order valence-corrected chi connectivity index (χ1v) is 8.86. The van der Waals surface area contributed by atoms with Gasteiger partial charge in [0.25, 0.3) is 0 Å². The van der Waals surface area contributed by atoms with E-state index in [1.165, 1.54) is 13.2 Å². The molecule has 0 bridgehead atoms. The lowest BCUT2D eigenvalue weighted by Crippen LogP contribution is -2.37. The zero-order chi connectivity index (χ0) is 19.6. The summed E-state index contributed by atoms with van der Waals surface area (Å²) in [4.78, 5) is 23.2. The molecule has 2 aromatic rings. The molecule has 2 rings (SSSR count). The number of hydrogen-bond acceptors (Lipinski definition) is 3. The molecule has 6 heteroatoms. The van der Waals surface area contributed by atoms with Gasteiger partial charge in [0.05, 0.1) is 7.11 Å². The van der Waals surface area contributed by atoms with Crippen molar-refractivity contribution in [1.82, 2.24) is 5.32 Å². The Morgan fingerprint density at radius 2 is 1.85 bits per heavy atom. The fraction of sp³-hybridized carbons (Fsp3) is 0.333. The van der Waals surface area contributed by atoms with Gasteiger partial charge in [0.15, 0.2) is 11.6 Å². The third-order valence-corrected chi connectivity index (χ3v) is 4.28. The van der Waals surface area contributed by atoms with Crippen molar-refractivity contribution in [3.05, 3.63) is 65.5 Å². The van der Waals surface area contributed by atoms with E-state index in [4.69, 9.17) is 9.84 Å². The van der Waals surface area contributed by atoms with Gasteiger partial charge in [0.1, 0.15) is 0 Å². The van der Waals surface area contributed by atoms with Crippen molar-refractivity contribution in [3.8, 4) is 5.75 Å². The van der Waals surface area contributed by atoms with Crippen molar-refractivity contribution in [2.75, 3.05) is 7.11 Å². The van der Waals surface area contributed by atoms with E-state index in [1.807, 2.05) is 30.3 Å². The van der Waals surface area contributed by atoms with Crippen LogP contribution >= 0.6 is 0 Å². The van der Waals surface area contributed by atoms with Gasteiger partial charge in [-0.2, -0.15) is 0 Å². The third kappa shape index (κ3) is 6.73. The molecule has 2 aromatic carbocycles. The summed E-state index contributed by atoms with van der Waals surface area (Å²) in [6.45, 7) is 0. The number of hydrogen-bond donors (Lipinski definition) is 2. The molecule has 27 heavy (non-hydrogen) atoms. The number of aryl methyl sites for hydroxylation is 1. The first-order chi connectivity index (χ1) is 13.0. The zero-order valence-electron chi connectivity index (χ0n) is 15.3. The van der Waals surface area contributed by atoms with E-state index in [-0.39, 0.29) is 37.0 Å². The van der Waals surface area contributed by atoms with Gasteiger partial charge in [-0.15, -0.1) is 0 Å². The Kier molecular flexibility index (Phi) is 7.79. The summed E-state index contributed by atoms with van der Waals surface area (Å²) in [5.41, 5.74) is 1.43. The summed E-state index contributed by atoms with van der Waals surface area (Å²) in [6.07, 6.45) is 1.22. The zero-order valence-corrected chi connectivity index (χ0v) is 15.3. The van der Waals surface area contributed by atoms with Gasteiger partial charge < -0.3 is 15.2 Å². The molecule has 2 N–H and O–H groups in total. The lowest BCUT2D eigenvalue weighted by molar-refractivity contribution is -0.137. The fourth-order valence-electron chi connectivity index (χ4n) is 2.88. The second-order valence-electron chi connectivity index (χ2n) is 6.32. The van der Waals surface area contributed by atoms with Gasteiger partial charge in [-0.05, 0) is 36.5 Å². The van der Waals surface area contributed by atoms with E-state index in [9.17, 15) is 14.0 Å². The van der Waals surface area contributed by atoms with Crippen LogP contribution in [0.3, 0.4) is 0 Å². The Morgan fingerprint density at radius 3 is 2.52 bits per heavy atom. The highest BCUT2D eigenvalue weighted by molar-refractivity contribution is 5.76. The summed E-state index contributed by atoms with van der Waals surface area (Å²) in [5, 5.41) is 11.8. The van der Waals surface area contributed by atoms with Crippen molar-refractivity contribution in [2.24, 2.45) is 0 Å². The number of nitrogens with one attached hydrogen (secondary N) is 1. The Hall–Kier alpha value is -2.89. The van der Waals surface area contributed by atoms with Crippen LogP contribution in [0.1, 0.15) is 30.4 Å². The first kappa shape index (κ1) is 20.4. The molecule has 0 spiro atoms. The average molecular weight is 373 g/mol. The van der Waals surface area contributed by atoms with E-state index in [1.54, 1.807) is 12.1 Å². The minimum absolute atomic E-state index is 0.0255. The van der Waals surface area contributed by atoms with Gasteiger partial charge >= 0.3 is 5.97 Å². The summed E-state index contributed by atoms with van der Waals surface area (Å²) < 4.78 is 19.1. The molecular weight excluding hydrogens is 349 g/mol. The Bertz CT molecular complexity index is 764. The number of ether oxygens (including phenoxy) is 1. The number of halogens is 1. The van der Waals surface area contributed by atoms with Crippen molar-refractivity contribution in [2.45, 2.75) is 38.1 Å². The molecule has 1 atom stereocenters. The first-order valence-electron chi connectivity index (χ1n) is 8.86. The standard InChI is InChI=1S/C21H24FNO4/c1-27-18-9-5-8-16(21(18)22)10-12-19(24)23-17(11-13-20(25)26)14-15-6-3-2-4-7-15/h2-9,17H,10-14H2,1H3,(H,23,24)(H,25,26). The minimum Gasteiger partial charge on any atom is -0.494 e. The van der Waals surface area contributed by atoms with Gasteiger partial charge in [0, 0.05) is 18.9 Å². The predicted octanol–water partition coefficient (Wildman–Crippen LogP) is 3.36. The summed E-state index contributed by atoms with van der Waals surface area (Å²) >= 11 is 0. The van der Waals surface area contributed by atoms with Crippen LogP contribution in [0, 0.1) is 5.82 Å². The molecule has 144 valence electrons. The number of amides is 1. The second-order valence-corrected chi connectivity index (χ2v) is 6.32. The maximum absolute atomic E-state index is 14.2. The number of carbonyl (C=O) groups excluding carboxylic acids is 1. The van der Waals surface area contributed by atoms with Gasteiger partial charge in [-0.3, -0.25) is 9.59 Å². The smallest absolute Gasteiger partial charge is 0.303 e. The van der Waals surface area contributed by atoms with Crippen LogP contribution in [0.5, 0.6) is 5.75 Å². The lowest BCUT2D eigenvalue weighted by Gasteiger charge is -2.18. The minimum atomic E-state index is -0.902. The molecule has 0 heterocycles. The van der Waals surface area contributed by atoms with Crippen LogP contribution in [-0.4, -0.2) is 30.1 Å². The summed E-state index contributed by atoms with van der Waals surface area (Å²) in [6, 6.07) is 14.1. The van der Waals surface area contributed by atoms with E-state index >= 15 is 0 Å². The Balaban J connectivity index is 1.95. The monoisotopic (exact) mass is 373 g/mol. The van der Waals surface area contributed by atoms with Gasteiger partial charge in [0.2, 0.25) is 5.91 Å². The number of rotatable bonds is 10. The molecule has 1 amide bonds. The molecule has 0 aliphatic carbocycles. The summed E-state index contributed by atoms with van der Waals surface area (Å²) in [5.74, 6) is -1.44. The van der Waals surface area contributed by atoms with Gasteiger partial charge in [-0.25, -0.2) is 4.39 Å². The van der Waals surface area contributed by atoms with Crippen LogP contribution in [0.4, 0.5) is 4.39 Å². The lowest BCUT2D eigenvalue weighted by atomic mass is 10.0. The predicted molar refractivity (Wildman–Crippen MR) is 100 cm³/mol. The van der Waals surface area contributed by atoms with Crippen molar-refractivity contribution in [3.63, 3.8) is 0 Å². The maximum atomic E-state index is 14.2. The molecule has 0 fully saturated rings. The second kappa shape index (κ2) is 10.3. The highest BCUT2D eigenvalue weighted by atomic mass is 19.1.